The largest absolute Gasteiger partial charge is 0.381 e. The topological polar surface area (TPSA) is 38.5 Å². The molecule has 17 heavy (non-hydrogen) atoms. The van der Waals surface area contributed by atoms with E-state index in [0.29, 0.717) is 12.0 Å². The van der Waals surface area contributed by atoms with Crippen LogP contribution in [0.2, 0.25) is 0 Å². The predicted molar refractivity (Wildman–Crippen MR) is 71.0 cm³/mol. The molecule has 0 aromatic carbocycles. The first-order valence-electron chi connectivity index (χ1n) is 7.27. The smallest absolute Gasteiger partial charge is 0.0521 e. The fourth-order valence-corrected chi connectivity index (χ4v) is 3.29. The number of ether oxygens (including phenoxy) is 1. The maximum atomic E-state index is 6.15. The number of rotatable bonds is 4. The molecule has 1 heterocycles. The summed E-state index contributed by atoms with van der Waals surface area (Å²) in [6, 6.07) is 0.345. The summed E-state index contributed by atoms with van der Waals surface area (Å²) < 4.78 is 5.54. The SMILES string of the molecule is CN(CC1CCCCC1)CC1COCCC1N. The minimum absolute atomic E-state index is 0.345. The lowest BCUT2D eigenvalue weighted by Gasteiger charge is -2.34. The van der Waals surface area contributed by atoms with Crippen molar-refractivity contribution < 1.29 is 4.74 Å². The lowest BCUT2D eigenvalue weighted by Crippen LogP contribution is -2.45. The molecule has 3 heteroatoms. The minimum Gasteiger partial charge on any atom is -0.381 e. The Labute approximate surface area is 106 Å². The van der Waals surface area contributed by atoms with Crippen molar-refractivity contribution in [3.63, 3.8) is 0 Å². The molecule has 1 saturated carbocycles. The zero-order valence-electron chi connectivity index (χ0n) is 11.2. The second kappa shape index (κ2) is 6.72. The van der Waals surface area contributed by atoms with Gasteiger partial charge in [0.15, 0.2) is 0 Å². The predicted octanol–water partition coefficient (Wildman–Crippen LogP) is 1.86. The maximum absolute atomic E-state index is 6.15. The molecule has 2 unspecified atom stereocenters. The van der Waals surface area contributed by atoms with Crippen molar-refractivity contribution >= 4 is 0 Å². The molecule has 0 amide bonds. The van der Waals surface area contributed by atoms with E-state index >= 15 is 0 Å². The third-order valence-corrected chi connectivity index (χ3v) is 4.37. The van der Waals surface area contributed by atoms with Gasteiger partial charge >= 0.3 is 0 Å². The van der Waals surface area contributed by atoms with Crippen LogP contribution in [-0.4, -0.2) is 44.3 Å². The molecule has 2 rings (SSSR count). The summed E-state index contributed by atoms with van der Waals surface area (Å²) in [6.45, 7) is 4.07. The normalized spacial score (nSPS) is 31.9. The van der Waals surface area contributed by atoms with Gasteiger partial charge in [-0.3, -0.25) is 0 Å². The lowest BCUT2D eigenvalue weighted by atomic mass is 9.88. The Morgan fingerprint density at radius 2 is 1.88 bits per heavy atom. The van der Waals surface area contributed by atoms with Crippen LogP contribution >= 0.6 is 0 Å². The molecule has 2 N–H and O–H groups in total. The van der Waals surface area contributed by atoms with Crippen LogP contribution in [0.15, 0.2) is 0 Å². The van der Waals surface area contributed by atoms with E-state index < -0.39 is 0 Å². The average Bonchev–Trinajstić information content (AvgIpc) is 2.33. The molecule has 1 saturated heterocycles. The van der Waals surface area contributed by atoms with Gasteiger partial charge in [0.05, 0.1) is 6.61 Å². The first-order chi connectivity index (χ1) is 8.25. The Bertz CT molecular complexity index is 216. The second-order valence-electron chi connectivity index (χ2n) is 6.01. The van der Waals surface area contributed by atoms with Gasteiger partial charge in [-0.05, 0) is 32.2 Å². The summed E-state index contributed by atoms with van der Waals surface area (Å²) in [5, 5.41) is 0. The van der Waals surface area contributed by atoms with Gasteiger partial charge in [0.1, 0.15) is 0 Å². The Hall–Kier alpha value is -0.120. The molecule has 100 valence electrons. The van der Waals surface area contributed by atoms with E-state index in [9.17, 15) is 0 Å². The number of hydrogen-bond acceptors (Lipinski definition) is 3. The monoisotopic (exact) mass is 240 g/mol. The first-order valence-corrected chi connectivity index (χ1v) is 7.27. The van der Waals surface area contributed by atoms with Crippen molar-refractivity contribution in [2.75, 3.05) is 33.4 Å². The van der Waals surface area contributed by atoms with E-state index in [2.05, 4.69) is 11.9 Å². The summed E-state index contributed by atoms with van der Waals surface area (Å²) >= 11 is 0. The molecule has 0 bridgehead atoms. The van der Waals surface area contributed by atoms with Crippen molar-refractivity contribution in [1.82, 2.24) is 4.90 Å². The number of hydrogen-bond donors (Lipinski definition) is 1. The standard InChI is InChI=1S/C14H28N2O/c1-16(9-12-5-3-2-4-6-12)10-13-11-17-8-7-14(13)15/h12-14H,2-11,15H2,1H3. The molecule has 3 nitrogen and oxygen atoms in total. The molecule has 0 radical (unpaired) electrons. The van der Waals surface area contributed by atoms with E-state index in [1.807, 2.05) is 0 Å². The fourth-order valence-electron chi connectivity index (χ4n) is 3.29. The van der Waals surface area contributed by atoms with Gasteiger partial charge in [-0.15, -0.1) is 0 Å². The van der Waals surface area contributed by atoms with Crippen LogP contribution in [0.4, 0.5) is 0 Å². The van der Waals surface area contributed by atoms with Crippen molar-refractivity contribution in [2.24, 2.45) is 17.6 Å². The fraction of sp³-hybridized carbons (Fsp3) is 1.00. The number of nitrogens with zero attached hydrogens (tertiary/aromatic N) is 1. The number of nitrogens with two attached hydrogens (primary N) is 1. The highest BCUT2D eigenvalue weighted by molar-refractivity contribution is 4.79. The zero-order valence-corrected chi connectivity index (χ0v) is 11.2. The second-order valence-corrected chi connectivity index (χ2v) is 6.01. The Morgan fingerprint density at radius 3 is 2.59 bits per heavy atom. The Balaban J connectivity index is 1.70. The van der Waals surface area contributed by atoms with Gasteiger partial charge in [0.2, 0.25) is 0 Å². The lowest BCUT2D eigenvalue weighted by molar-refractivity contribution is 0.0270. The summed E-state index contributed by atoms with van der Waals surface area (Å²) in [5.74, 6) is 1.46. The van der Waals surface area contributed by atoms with Crippen LogP contribution in [0.25, 0.3) is 0 Å². The molecule has 2 atom stereocenters. The minimum atomic E-state index is 0.345. The molecule has 2 aliphatic rings. The Kier molecular flexibility index (Phi) is 5.26. The van der Waals surface area contributed by atoms with Gasteiger partial charge in [-0.2, -0.15) is 0 Å². The van der Waals surface area contributed by atoms with Gasteiger partial charge in [0, 0.05) is 31.7 Å². The first kappa shape index (κ1) is 13.3. The molecule has 0 aromatic rings. The highest BCUT2D eigenvalue weighted by Crippen LogP contribution is 2.24. The third-order valence-electron chi connectivity index (χ3n) is 4.37. The highest BCUT2D eigenvalue weighted by Gasteiger charge is 2.24. The molecular weight excluding hydrogens is 212 g/mol. The van der Waals surface area contributed by atoms with E-state index in [1.54, 1.807) is 0 Å². The van der Waals surface area contributed by atoms with Gasteiger partial charge in [-0.25, -0.2) is 0 Å². The van der Waals surface area contributed by atoms with Crippen molar-refractivity contribution in [3.05, 3.63) is 0 Å². The van der Waals surface area contributed by atoms with Gasteiger partial charge < -0.3 is 15.4 Å². The molecule has 2 fully saturated rings. The van der Waals surface area contributed by atoms with Crippen molar-refractivity contribution in [1.29, 1.82) is 0 Å². The van der Waals surface area contributed by atoms with Crippen LogP contribution in [0, 0.1) is 11.8 Å². The maximum Gasteiger partial charge on any atom is 0.0521 e. The molecule has 1 aliphatic carbocycles. The highest BCUT2D eigenvalue weighted by atomic mass is 16.5. The van der Waals surface area contributed by atoms with Crippen LogP contribution in [-0.2, 0) is 4.74 Å². The average molecular weight is 240 g/mol. The van der Waals surface area contributed by atoms with Crippen LogP contribution in [0.3, 0.4) is 0 Å². The summed E-state index contributed by atoms with van der Waals surface area (Å²) in [4.78, 5) is 2.48. The quantitative estimate of drug-likeness (QED) is 0.815. The van der Waals surface area contributed by atoms with Crippen molar-refractivity contribution in [2.45, 2.75) is 44.6 Å². The molecule has 0 spiro atoms. The van der Waals surface area contributed by atoms with E-state index in [4.69, 9.17) is 10.5 Å². The molecule has 1 aliphatic heterocycles. The van der Waals surface area contributed by atoms with E-state index in [1.165, 1.54) is 38.6 Å². The van der Waals surface area contributed by atoms with E-state index in [0.717, 1.165) is 32.1 Å². The van der Waals surface area contributed by atoms with Crippen LogP contribution in [0.5, 0.6) is 0 Å². The van der Waals surface area contributed by atoms with Crippen LogP contribution in [0.1, 0.15) is 38.5 Å². The van der Waals surface area contributed by atoms with Gasteiger partial charge in [0.25, 0.3) is 0 Å². The Morgan fingerprint density at radius 1 is 1.12 bits per heavy atom. The third kappa shape index (κ3) is 4.23. The summed E-state index contributed by atoms with van der Waals surface area (Å²) in [5.41, 5.74) is 6.15. The summed E-state index contributed by atoms with van der Waals surface area (Å²) in [6.07, 6.45) is 8.20. The van der Waals surface area contributed by atoms with Crippen LogP contribution < -0.4 is 5.73 Å². The zero-order chi connectivity index (χ0) is 12.1. The summed E-state index contributed by atoms with van der Waals surface area (Å²) in [7, 11) is 2.25. The van der Waals surface area contributed by atoms with E-state index in [-0.39, 0.29) is 0 Å². The molecular formula is C14H28N2O. The molecule has 0 aromatic heterocycles. The van der Waals surface area contributed by atoms with Gasteiger partial charge in [-0.1, -0.05) is 19.3 Å². The van der Waals surface area contributed by atoms with Crippen molar-refractivity contribution in [3.8, 4) is 0 Å².